The van der Waals surface area contributed by atoms with Crippen molar-refractivity contribution in [2.45, 2.75) is 11.8 Å². The van der Waals surface area contributed by atoms with Crippen molar-refractivity contribution in [3.8, 4) is 0 Å². The summed E-state index contributed by atoms with van der Waals surface area (Å²) >= 11 is 0. The number of rotatable bonds is 6. The van der Waals surface area contributed by atoms with Crippen molar-refractivity contribution in [2.24, 2.45) is 0 Å². The Kier molecular flexibility index (Phi) is 4.91. The van der Waals surface area contributed by atoms with Crippen LogP contribution in [-0.4, -0.2) is 31.5 Å². The molecular weight excluding hydrogens is 343 g/mol. The highest BCUT2D eigenvalue weighted by Gasteiger charge is 2.13. The van der Waals surface area contributed by atoms with Gasteiger partial charge in [-0.1, -0.05) is 23.8 Å². The summed E-state index contributed by atoms with van der Waals surface area (Å²) in [6, 6.07) is 11.2. The van der Waals surface area contributed by atoms with Crippen LogP contribution in [0.2, 0.25) is 0 Å². The number of benzene rings is 2. The van der Waals surface area contributed by atoms with Gasteiger partial charge in [0.25, 0.3) is 0 Å². The minimum Gasteiger partial charge on any atom is -0.368 e. The lowest BCUT2D eigenvalue weighted by molar-refractivity contribution is 0.583. The molecule has 130 valence electrons. The van der Waals surface area contributed by atoms with Gasteiger partial charge in [0, 0.05) is 13.1 Å². The second-order valence-corrected chi connectivity index (χ2v) is 7.26. The van der Waals surface area contributed by atoms with Crippen molar-refractivity contribution in [1.29, 1.82) is 0 Å². The molecule has 2 N–H and O–H groups in total. The van der Waals surface area contributed by atoms with Crippen LogP contribution in [-0.2, 0) is 10.0 Å². The molecule has 8 heteroatoms. The quantitative estimate of drug-likeness (QED) is 0.660. The molecular formula is C17H17FN4O2S. The molecule has 6 nitrogen and oxygen atoms in total. The summed E-state index contributed by atoms with van der Waals surface area (Å²) in [5.41, 5.74) is 1.47. The van der Waals surface area contributed by atoms with Crippen LogP contribution in [0.1, 0.15) is 5.56 Å². The standard InChI is InChI=1S/C17H17FN4O2S/c1-12-5-7-13(8-6-12)25(23,24)22-10-9-19-17-16-14(18)3-2-4-15(16)20-11-21-17/h2-8,11,22H,9-10H2,1H3,(H,19,20,21). The molecule has 0 bridgehead atoms. The van der Waals surface area contributed by atoms with Gasteiger partial charge in [-0.3, -0.25) is 0 Å². The minimum atomic E-state index is -3.58. The van der Waals surface area contributed by atoms with E-state index in [0.717, 1.165) is 5.56 Å². The fraction of sp³-hybridized carbons (Fsp3) is 0.176. The molecule has 0 aliphatic carbocycles. The molecule has 25 heavy (non-hydrogen) atoms. The monoisotopic (exact) mass is 360 g/mol. The molecule has 0 radical (unpaired) electrons. The van der Waals surface area contributed by atoms with Crippen molar-refractivity contribution in [1.82, 2.24) is 14.7 Å². The first-order valence-corrected chi connectivity index (χ1v) is 9.15. The Morgan fingerprint density at radius 1 is 1.04 bits per heavy atom. The number of anilines is 1. The Morgan fingerprint density at radius 3 is 2.56 bits per heavy atom. The third kappa shape index (κ3) is 3.92. The zero-order chi connectivity index (χ0) is 17.9. The SMILES string of the molecule is Cc1ccc(S(=O)(=O)NCCNc2ncnc3cccc(F)c23)cc1. The van der Waals surface area contributed by atoms with Gasteiger partial charge >= 0.3 is 0 Å². The normalized spacial score (nSPS) is 11.6. The summed E-state index contributed by atoms with van der Waals surface area (Å²) in [7, 11) is -3.58. The van der Waals surface area contributed by atoms with Crippen molar-refractivity contribution in [3.05, 3.63) is 60.2 Å². The lowest BCUT2D eigenvalue weighted by Gasteiger charge is -2.10. The van der Waals surface area contributed by atoms with E-state index in [1.807, 2.05) is 6.92 Å². The van der Waals surface area contributed by atoms with Crippen molar-refractivity contribution >= 4 is 26.7 Å². The lowest BCUT2D eigenvalue weighted by atomic mass is 10.2. The maximum absolute atomic E-state index is 14.0. The molecule has 0 aliphatic rings. The Labute approximate surface area is 145 Å². The Bertz CT molecular complexity index is 986. The van der Waals surface area contributed by atoms with Crippen LogP contribution < -0.4 is 10.0 Å². The molecule has 0 saturated heterocycles. The molecule has 0 saturated carbocycles. The summed E-state index contributed by atoms with van der Waals surface area (Å²) in [6.07, 6.45) is 1.33. The molecule has 3 aromatic rings. The lowest BCUT2D eigenvalue weighted by Crippen LogP contribution is -2.29. The zero-order valence-corrected chi connectivity index (χ0v) is 14.3. The highest BCUT2D eigenvalue weighted by Crippen LogP contribution is 2.21. The van der Waals surface area contributed by atoms with Gasteiger partial charge in [0.15, 0.2) is 0 Å². The van der Waals surface area contributed by atoms with E-state index in [1.54, 1.807) is 36.4 Å². The van der Waals surface area contributed by atoms with Gasteiger partial charge in [0.05, 0.1) is 15.8 Å². The highest BCUT2D eigenvalue weighted by atomic mass is 32.2. The van der Waals surface area contributed by atoms with Crippen LogP contribution >= 0.6 is 0 Å². The Morgan fingerprint density at radius 2 is 1.80 bits per heavy atom. The van der Waals surface area contributed by atoms with E-state index in [0.29, 0.717) is 11.3 Å². The number of hydrogen-bond donors (Lipinski definition) is 2. The maximum atomic E-state index is 14.0. The number of aryl methyl sites for hydroxylation is 1. The second kappa shape index (κ2) is 7.12. The molecule has 0 amide bonds. The van der Waals surface area contributed by atoms with E-state index < -0.39 is 15.8 Å². The van der Waals surface area contributed by atoms with Crippen LogP contribution in [0.25, 0.3) is 10.9 Å². The van der Waals surface area contributed by atoms with Gasteiger partial charge in [0.2, 0.25) is 10.0 Å². The summed E-state index contributed by atoms with van der Waals surface area (Å²) in [4.78, 5) is 8.25. The van der Waals surface area contributed by atoms with Crippen molar-refractivity contribution in [2.75, 3.05) is 18.4 Å². The predicted molar refractivity (Wildman–Crippen MR) is 94.4 cm³/mol. The smallest absolute Gasteiger partial charge is 0.240 e. The van der Waals surface area contributed by atoms with Crippen molar-refractivity contribution in [3.63, 3.8) is 0 Å². The van der Waals surface area contributed by atoms with Crippen molar-refractivity contribution < 1.29 is 12.8 Å². The molecule has 0 fully saturated rings. The number of sulfonamides is 1. The molecule has 0 unspecified atom stereocenters. The van der Waals surface area contributed by atoms with E-state index in [1.165, 1.54) is 12.4 Å². The Balaban J connectivity index is 1.65. The van der Waals surface area contributed by atoms with E-state index in [2.05, 4.69) is 20.0 Å². The Hall–Kier alpha value is -2.58. The molecule has 0 atom stereocenters. The third-order valence-electron chi connectivity index (χ3n) is 3.65. The van der Waals surface area contributed by atoms with E-state index in [4.69, 9.17) is 0 Å². The number of fused-ring (bicyclic) bond motifs is 1. The molecule has 1 heterocycles. The number of aromatic nitrogens is 2. The molecule has 2 aromatic carbocycles. The van der Waals surface area contributed by atoms with Crippen LogP contribution in [0, 0.1) is 12.7 Å². The van der Waals surface area contributed by atoms with E-state index in [9.17, 15) is 12.8 Å². The summed E-state index contributed by atoms with van der Waals surface area (Å²) in [6.45, 7) is 2.28. The summed E-state index contributed by atoms with van der Waals surface area (Å²) in [5.74, 6) is -0.0986. The predicted octanol–water partition coefficient (Wildman–Crippen LogP) is 2.47. The van der Waals surface area contributed by atoms with Gasteiger partial charge < -0.3 is 5.32 Å². The average molecular weight is 360 g/mol. The fourth-order valence-corrected chi connectivity index (χ4v) is 3.40. The number of halogens is 1. The third-order valence-corrected chi connectivity index (χ3v) is 5.13. The van der Waals surface area contributed by atoms with Crippen LogP contribution in [0.15, 0.2) is 53.7 Å². The van der Waals surface area contributed by atoms with E-state index in [-0.39, 0.29) is 23.4 Å². The highest BCUT2D eigenvalue weighted by molar-refractivity contribution is 7.89. The van der Waals surface area contributed by atoms with Gasteiger partial charge in [-0.2, -0.15) is 0 Å². The van der Waals surface area contributed by atoms with Gasteiger partial charge in [0.1, 0.15) is 18.0 Å². The van der Waals surface area contributed by atoms with E-state index >= 15 is 0 Å². The van der Waals surface area contributed by atoms with Gasteiger partial charge in [-0.05, 0) is 31.2 Å². The first-order valence-electron chi connectivity index (χ1n) is 7.67. The number of nitrogens with one attached hydrogen (secondary N) is 2. The fourth-order valence-electron chi connectivity index (χ4n) is 2.37. The van der Waals surface area contributed by atoms with Gasteiger partial charge in [-0.25, -0.2) is 27.5 Å². The molecule has 0 aliphatic heterocycles. The van der Waals surface area contributed by atoms with Crippen LogP contribution in [0.3, 0.4) is 0 Å². The molecule has 1 aromatic heterocycles. The average Bonchev–Trinajstić information content (AvgIpc) is 2.59. The first-order chi connectivity index (χ1) is 12.0. The summed E-state index contributed by atoms with van der Waals surface area (Å²) < 4.78 is 40.9. The molecule has 0 spiro atoms. The number of hydrogen-bond acceptors (Lipinski definition) is 5. The molecule has 3 rings (SSSR count). The first kappa shape index (κ1) is 17.2. The largest absolute Gasteiger partial charge is 0.368 e. The maximum Gasteiger partial charge on any atom is 0.240 e. The van der Waals surface area contributed by atoms with Gasteiger partial charge in [-0.15, -0.1) is 0 Å². The topological polar surface area (TPSA) is 84.0 Å². The van der Waals surface area contributed by atoms with Crippen LogP contribution in [0.5, 0.6) is 0 Å². The number of nitrogens with zero attached hydrogens (tertiary/aromatic N) is 2. The second-order valence-electron chi connectivity index (χ2n) is 5.49. The summed E-state index contributed by atoms with van der Waals surface area (Å²) in [5, 5.41) is 3.23. The van der Waals surface area contributed by atoms with Crippen LogP contribution in [0.4, 0.5) is 10.2 Å². The zero-order valence-electron chi connectivity index (χ0n) is 13.5. The minimum absolute atomic E-state index is 0.135.